The molecule has 1 saturated heterocycles. The van der Waals surface area contributed by atoms with E-state index < -0.39 is 16.6 Å². The number of halogens is 2. The van der Waals surface area contributed by atoms with Crippen LogP contribution >= 0.6 is 11.8 Å². The van der Waals surface area contributed by atoms with Crippen LogP contribution in [-0.2, 0) is 0 Å². The maximum atomic E-state index is 14.0. The molecule has 26 heavy (non-hydrogen) atoms. The number of hydrogen-bond acceptors (Lipinski definition) is 4. The van der Waals surface area contributed by atoms with Gasteiger partial charge in [0.1, 0.15) is 11.6 Å². The van der Waals surface area contributed by atoms with Crippen molar-refractivity contribution >= 4 is 23.4 Å². The minimum Gasteiger partial charge on any atom is -0.338 e. The Morgan fingerprint density at radius 3 is 2.77 bits per heavy atom. The van der Waals surface area contributed by atoms with Gasteiger partial charge in [0.05, 0.1) is 4.92 Å². The van der Waals surface area contributed by atoms with E-state index in [1.807, 2.05) is 0 Å². The molecule has 0 aromatic heterocycles. The number of carbonyl (C=O) groups is 1. The highest BCUT2D eigenvalue weighted by molar-refractivity contribution is 7.99. The molecule has 0 aliphatic carbocycles. The highest BCUT2D eigenvalue weighted by atomic mass is 32.2. The zero-order valence-corrected chi connectivity index (χ0v) is 14.5. The molecule has 8 heteroatoms. The zero-order valence-electron chi connectivity index (χ0n) is 13.7. The number of rotatable bonds is 3. The van der Waals surface area contributed by atoms with Crippen LogP contribution in [0.4, 0.5) is 14.5 Å². The minimum absolute atomic E-state index is 0.139. The molecule has 2 aromatic carbocycles. The average molecular weight is 378 g/mol. The van der Waals surface area contributed by atoms with Crippen molar-refractivity contribution in [2.24, 2.45) is 0 Å². The summed E-state index contributed by atoms with van der Waals surface area (Å²) in [5, 5.41) is 10.6. The Bertz CT molecular complexity index is 847. The summed E-state index contributed by atoms with van der Waals surface area (Å²) < 4.78 is 27.4. The van der Waals surface area contributed by atoms with Crippen LogP contribution in [0, 0.1) is 21.7 Å². The van der Waals surface area contributed by atoms with Gasteiger partial charge in [-0.25, -0.2) is 8.78 Å². The maximum Gasteiger partial charge on any atom is 0.270 e. The summed E-state index contributed by atoms with van der Waals surface area (Å²) in [6.45, 7) is 0.814. The Balaban J connectivity index is 1.74. The summed E-state index contributed by atoms with van der Waals surface area (Å²) in [6, 6.07) is 8.99. The second-order valence-corrected chi connectivity index (χ2v) is 7.22. The van der Waals surface area contributed by atoms with Gasteiger partial charge in [0.2, 0.25) is 0 Å². The van der Waals surface area contributed by atoms with E-state index in [4.69, 9.17) is 0 Å². The molecule has 5 nitrogen and oxygen atoms in total. The van der Waals surface area contributed by atoms with Crippen molar-refractivity contribution in [1.29, 1.82) is 0 Å². The highest BCUT2D eigenvalue weighted by Crippen LogP contribution is 2.36. The van der Waals surface area contributed by atoms with Gasteiger partial charge in [-0.05, 0) is 30.7 Å². The van der Waals surface area contributed by atoms with Gasteiger partial charge in [0, 0.05) is 47.4 Å². The molecule has 1 aliphatic heterocycles. The van der Waals surface area contributed by atoms with Gasteiger partial charge in [0.25, 0.3) is 11.6 Å². The van der Waals surface area contributed by atoms with Crippen LogP contribution in [0.5, 0.6) is 0 Å². The van der Waals surface area contributed by atoms with Crippen molar-refractivity contribution in [3.63, 3.8) is 0 Å². The van der Waals surface area contributed by atoms with Crippen LogP contribution in [0.1, 0.15) is 27.6 Å². The molecule has 1 aliphatic rings. The third-order valence-electron chi connectivity index (χ3n) is 4.24. The van der Waals surface area contributed by atoms with E-state index in [2.05, 4.69) is 0 Å². The van der Waals surface area contributed by atoms with Gasteiger partial charge in [-0.15, -0.1) is 0 Å². The number of nitro groups is 1. The Hall–Kier alpha value is -2.48. The number of nitro benzene ring substituents is 1. The molecule has 1 unspecified atom stereocenters. The first-order valence-corrected chi connectivity index (χ1v) is 9.11. The third-order valence-corrected chi connectivity index (χ3v) is 5.55. The molecule has 0 bridgehead atoms. The predicted octanol–water partition coefficient (Wildman–Crippen LogP) is 4.19. The van der Waals surface area contributed by atoms with Crippen LogP contribution in [0.2, 0.25) is 0 Å². The molecule has 0 N–H and O–H groups in total. The number of hydrogen-bond donors (Lipinski definition) is 0. The van der Waals surface area contributed by atoms with E-state index in [1.54, 1.807) is 4.90 Å². The fraction of sp³-hybridized carbons (Fsp3) is 0.278. The topological polar surface area (TPSA) is 63.4 Å². The number of thioether (sulfide) groups is 1. The summed E-state index contributed by atoms with van der Waals surface area (Å²) in [5.41, 5.74) is 0.416. The molecule has 0 radical (unpaired) electrons. The van der Waals surface area contributed by atoms with Gasteiger partial charge in [-0.2, -0.15) is 11.8 Å². The molecule has 0 saturated carbocycles. The average Bonchev–Trinajstić information content (AvgIpc) is 2.89. The summed E-state index contributed by atoms with van der Waals surface area (Å²) in [7, 11) is 0. The first kappa shape index (κ1) is 18.3. The van der Waals surface area contributed by atoms with Crippen molar-refractivity contribution < 1.29 is 18.5 Å². The number of carbonyl (C=O) groups excluding carboxylic acids is 1. The highest BCUT2D eigenvalue weighted by Gasteiger charge is 2.25. The van der Waals surface area contributed by atoms with Crippen LogP contribution in [0.15, 0.2) is 42.5 Å². The van der Waals surface area contributed by atoms with E-state index >= 15 is 0 Å². The lowest BCUT2D eigenvalue weighted by atomic mass is 10.1. The summed E-state index contributed by atoms with van der Waals surface area (Å²) in [6.07, 6.45) is 0.478. The molecule has 0 spiro atoms. The molecule has 1 atom stereocenters. The third kappa shape index (κ3) is 4.01. The fourth-order valence-electron chi connectivity index (χ4n) is 2.92. The molecular formula is C18H16F2N2O3S. The first-order chi connectivity index (χ1) is 12.5. The van der Waals surface area contributed by atoms with Gasteiger partial charge < -0.3 is 4.90 Å². The number of nitrogens with zero attached hydrogens (tertiary/aromatic N) is 2. The molecular weight excluding hydrogens is 362 g/mol. The number of amides is 1. The van der Waals surface area contributed by atoms with Crippen molar-refractivity contribution in [2.45, 2.75) is 11.7 Å². The molecule has 2 aromatic rings. The molecule has 1 amide bonds. The van der Waals surface area contributed by atoms with E-state index in [9.17, 15) is 23.7 Å². The molecule has 3 rings (SSSR count). The Morgan fingerprint density at radius 1 is 1.19 bits per heavy atom. The Morgan fingerprint density at radius 2 is 2.00 bits per heavy atom. The lowest BCUT2D eigenvalue weighted by molar-refractivity contribution is -0.384. The fourth-order valence-corrected chi connectivity index (χ4v) is 4.16. The van der Waals surface area contributed by atoms with E-state index in [0.717, 1.165) is 12.1 Å². The van der Waals surface area contributed by atoms with Crippen LogP contribution in [0.3, 0.4) is 0 Å². The first-order valence-electron chi connectivity index (χ1n) is 8.06. The van der Waals surface area contributed by atoms with Gasteiger partial charge >= 0.3 is 0 Å². The quantitative estimate of drug-likeness (QED) is 0.593. The van der Waals surface area contributed by atoms with Crippen molar-refractivity contribution in [1.82, 2.24) is 4.90 Å². The van der Waals surface area contributed by atoms with Gasteiger partial charge in [-0.1, -0.05) is 6.07 Å². The molecule has 1 heterocycles. The standard InChI is InChI=1S/C18H16F2N2O3S/c19-13-4-5-16(20)15(11-13)17-6-7-21(8-9-26-17)18(23)12-2-1-3-14(10-12)22(24)25/h1-5,10-11,17H,6-9H2. The smallest absolute Gasteiger partial charge is 0.270 e. The van der Waals surface area contributed by atoms with Crippen molar-refractivity contribution in [2.75, 3.05) is 18.8 Å². The minimum atomic E-state index is -0.544. The second-order valence-electron chi connectivity index (χ2n) is 5.91. The molecule has 136 valence electrons. The SMILES string of the molecule is O=C(c1cccc([N+](=O)[O-])c1)N1CCSC(c2cc(F)ccc2F)CC1. The second kappa shape index (κ2) is 7.82. The lowest BCUT2D eigenvalue weighted by Crippen LogP contribution is -2.33. The van der Waals surface area contributed by atoms with E-state index in [1.165, 1.54) is 42.1 Å². The van der Waals surface area contributed by atoms with Crippen LogP contribution in [-0.4, -0.2) is 34.6 Å². The Kier molecular flexibility index (Phi) is 5.51. The van der Waals surface area contributed by atoms with Crippen LogP contribution in [0.25, 0.3) is 0 Å². The van der Waals surface area contributed by atoms with E-state index in [0.29, 0.717) is 30.8 Å². The lowest BCUT2D eigenvalue weighted by Gasteiger charge is -2.20. The summed E-state index contributed by atoms with van der Waals surface area (Å²) in [4.78, 5) is 24.6. The maximum absolute atomic E-state index is 14.0. The Labute approximate surface area is 153 Å². The normalized spacial score (nSPS) is 17.6. The van der Waals surface area contributed by atoms with Crippen LogP contribution < -0.4 is 0 Å². The monoisotopic (exact) mass is 378 g/mol. The zero-order chi connectivity index (χ0) is 18.7. The van der Waals surface area contributed by atoms with Crippen molar-refractivity contribution in [3.8, 4) is 0 Å². The molecule has 1 fully saturated rings. The van der Waals surface area contributed by atoms with Gasteiger partial charge in [-0.3, -0.25) is 14.9 Å². The summed E-state index contributed by atoms with van der Waals surface area (Å²) in [5.74, 6) is -0.672. The van der Waals surface area contributed by atoms with E-state index in [-0.39, 0.29) is 22.4 Å². The summed E-state index contributed by atoms with van der Waals surface area (Å²) >= 11 is 1.48. The van der Waals surface area contributed by atoms with Gasteiger partial charge in [0.15, 0.2) is 0 Å². The number of non-ortho nitro benzene ring substituents is 1. The largest absolute Gasteiger partial charge is 0.338 e. The van der Waals surface area contributed by atoms with Crippen molar-refractivity contribution in [3.05, 3.63) is 75.3 Å². The predicted molar refractivity (Wildman–Crippen MR) is 95.2 cm³/mol. The number of benzene rings is 2.